The van der Waals surface area contributed by atoms with E-state index in [2.05, 4.69) is 5.10 Å². The van der Waals surface area contributed by atoms with Crippen LogP contribution in [0.25, 0.3) is 0 Å². The largest absolute Gasteiger partial charge is 0.493 e. The molecule has 0 bridgehead atoms. The van der Waals surface area contributed by atoms with E-state index in [1.807, 2.05) is 6.92 Å². The molecule has 2 rings (SSSR count). The SMILES string of the molecule is CCn1ncc(OC)c1C(O)Cc1c(F)cccc1Cl. The number of hydrogen-bond acceptors (Lipinski definition) is 3. The van der Waals surface area contributed by atoms with Gasteiger partial charge in [-0.3, -0.25) is 4.68 Å². The van der Waals surface area contributed by atoms with E-state index >= 15 is 0 Å². The number of methoxy groups -OCH3 is 1. The van der Waals surface area contributed by atoms with Crippen molar-refractivity contribution in [3.8, 4) is 5.75 Å². The number of hydrogen-bond donors (Lipinski definition) is 1. The van der Waals surface area contributed by atoms with Crippen molar-refractivity contribution in [3.05, 3.63) is 46.5 Å². The van der Waals surface area contributed by atoms with E-state index in [-0.39, 0.29) is 12.0 Å². The summed E-state index contributed by atoms with van der Waals surface area (Å²) in [6.45, 7) is 2.49. The van der Waals surface area contributed by atoms with Gasteiger partial charge in [0.1, 0.15) is 17.6 Å². The predicted octanol–water partition coefficient (Wildman–Crippen LogP) is 2.98. The zero-order valence-corrected chi connectivity index (χ0v) is 12.1. The number of benzene rings is 1. The molecule has 1 aromatic heterocycles. The molecule has 0 saturated heterocycles. The molecule has 0 amide bonds. The maximum absolute atomic E-state index is 13.8. The summed E-state index contributed by atoms with van der Waals surface area (Å²) in [5, 5.41) is 14.8. The molecule has 108 valence electrons. The molecule has 1 unspecified atom stereocenters. The van der Waals surface area contributed by atoms with E-state index in [0.29, 0.717) is 23.0 Å². The highest BCUT2D eigenvalue weighted by Crippen LogP contribution is 2.30. The third kappa shape index (κ3) is 2.78. The van der Waals surface area contributed by atoms with Gasteiger partial charge in [-0.25, -0.2) is 4.39 Å². The van der Waals surface area contributed by atoms with E-state index in [0.717, 1.165) is 0 Å². The molecule has 4 nitrogen and oxygen atoms in total. The smallest absolute Gasteiger partial charge is 0.162 e. The van der Waals surface area contributed by atoms with Gasteiger partial charge in [0.15, 0.2) is 5.75 Å². The Morgan fingerprint density at radius 1 is 1.50 bits per heavy atom. The van der Waals surface area contributed by atoms with Crippen molar-refractivity contribution in [1.29, 1.82) is 0 Å². The summed E-state index contributed by atoms with van der Waals surface area (Å²) in [5.41, 5.74) is 0.807. The van der Waals surface area contributed by atoms with Gasteiger partial charge in [-0.2, -0.15) is 5.10 Å². The van der Waals surface area contributed by atoms with E-state index in [1.165, 1.54) is 25.4 Å². The van der Waals surface area contributed by atoms with Crippen LogP contribution in [-0.4, -0.2) is 22.0 Å². The number of nitrogens with zero attached hydrogens (tertiary/aromatic N) is 2. The first-order valence-electron chi connectivity index (χ1n) is 6.29. The lowest BCUT2D eigenvalue weighted by atomic mass is 10.0. The van der Waals surface area contributed by atoms with Gasteiger partial charge in [-0.1, -0.05) is 17.7 Å². The average Bonchev–Trinajstić information content (AvgIpc) is 2.85. The fraction of sp³-hybridized carbons (Fsp3) is 0.357. The minimum absolute atomic E-state index is 0.0631. The summed E-state index contributed by atoms with van der Waals surface area (Å²) in [4.78, 5) is 0. The van der Waals surface area contributed by atoms with Gasteiger partial charge in [0.05, 0.1) is 13.3 Å². The van der Waals surface area contributed by atoms with Crippen molar-refractivity contribution in [2.24, 2.45) is 0 Å². The molecule has 0 aliphatic carbocycles. The quantitative estimate of drug-likeness (QED) is 0.923. The Morgan fingerprint density at radius 3 is 2.85 bits per heavy atom. The molecule has 0 aliphatic heterocycles. The fourth-order valence-electron chi connectivity index (χ4n) is 2.14. The van der Waals surface area contributed by atoms with Crippen LogP contribution in [-0.2, 0) is 13.0 Å². The average molecular weight is 299 g/mol. The summed E-state index contributed by atoms with van der Waals surface area (Å²) in [6, 6.07) is 4.45. The maximum atomic E-state index is 13.8. The summed E-state index contributed by atoms with van der Waals surface area (Å²) in [7, 11) is 1.50. The maximum Gasteiger partial charge on any atom is 0.162 e. The minimum atomic E-state index is -0.943. The van der Waals surface area contributed by atoms with Crippen LogP contribution in [0.4, 0.5) is 4.39 Å². The Bertz CT molecular complexity index is 559. The van der Waals surface area contributed by atoms with Crippen LogP contribution in [0.3, 0.4) is 0 Å². The van der Waals surface area contributed by atoms with E-state index < -0.39 is 11.9 Å². The molecule has 2 aromatic rings. The Morgan fingerprint density at radius 2 is 2.25 bits per heavy atom. The molecule has 0 spiro atoms. The van der Waals surface area contributed by atoms with Gasteiger partial charge >= 0.3 is 0 Å². The topological polar surface area (TPSA) is 47.3 Å². The Balaban J connectivity index is 2.33. The predicted molar refractivity (Wildman–Crippen MR) is 74.5 cm³/mol. The van der Waals surface area contributed by atoms with Crippen LogP contribution >= 0.6 is 11.6 Å². The van der Waals surface area contributed by atoms with E-state index in [1.54, 1.807) is 10.7 Å². The van der Waals surface area contributed by atoms with Gasteiger partial charge in [0.25, 0.3) is 0 Å². The van der Waals surface area contributed by atoms with Crippen molar-refractivity contribution in [3.63, 3.8) is 0 Å². The number of halogens is 2. The van der Waals surface area contributed by atoms with Crippen LogP contribution in [0.5, 0.6) is 5.75 Å². The first-order chi connectivity index (χ1) is 9.58. The molecule has 0 fully saturated rings. The number of aliphatic hydroxyl groups excluding tert-OH is 1. The lowest BCUT2D eigenvalue weighted by molar-refractivity contribution is 0.161. The molecule has 1 atom stereocenters. The first-order valence-corrected chi connectivity index (χ1v) is 6.66. The van der Waals surface area contributed by atoms with Gasteiger partial charge in [0, 0.05) is 23.6 Å². The molecule has 6 heteroatoms. The second-order valence-electron chi connectivity index (χ2n) is 4.33. The van der Waals surface area contributed by atoms with Crippen molar-refractivity contribution in [2.45, 2.75) is 26.0 Å². The minimum Gasteiger partial charge on any atom is -0.493 e. The monoisotopic (exact) mass is 298 g/mol. The summed E-state index contributed by atoms with van der Waals surface area (Å²) < 4.78 is 20.6. The molecule has 1 N–H and O–H groups in total. The second-order valence-corrected chi connectivity index (χ2v) is 4.74. The van der Waals surface area contributed by atoms with Crippen LogP contribution in [0.1, 0.15) is 24.3 Å². The molecule has 0 saturated carbocycles. The fourth-order valence-corrected chi connectivity index (χ4v) is 2.38. The molecule has 0 aliphatic rings. The third-order valence-corrected chi connectivity index (χ3v) is 3.49. The molecule has 20 heavy (non-hydrogen) atoms. The number of aromatic nitrogens is 2. The van der Waals surface area contributed by atoms with Crippen molar-refractivity contribution >= 4 is 11.6 Å². The number of ether oxygens (including phenoxy) is 1. The zero-order valence-electron chi connectivity index (χ0n) is 11.3. The molecular formula is C14H16ClFN2O2. The molecule has 0 radical (unpaired) electrons. The van der Waals surface area contributed by atoms with Crippen molar-refractivity contribution < 1.29 is 14.2 Å². The first kappa shape index (κ1) is 14.8. The van der Waals surface area contributed by atoms with Crippen molar-refractivity contribution in [2.75, 3.05) is 7.11 Å². The lowest BCUT2D eigenvalue weighted by Gasteiger charge is -2.15. The highest BCUT2D eigenvalue weighted by molar-refractivity contribution is 6.31. The lowest BCUT2D eigenvalue weighted by Crippen LogP contribution is -2.12. The van der Waals surface area contributed by atoms with Crippen LogP contribution in [0.15, 0.2) is 24.4 Å². The van der Waals surface area contributed by atoms with Gasteiger partial charge in [-0.15, -0.1) is 0 Å². The Hall–Kier alpha value is -1.59. The normalized spacial score (nSPS) is 12.4. The van der Waals surface area contributed by atoms with Crippen LogP contribution < -0.4 is 4.74 Å². The van der Waals surface area contributed by atoms with Gasteiger partial charge in [0.2, 0.25) is 0 Å². The Kier molecular flexibility index (Phi) is 4.62. The third-order valence-electron chi connectivity index (χ3n) is 3.14. The van der Waals surface area contributed by atoms with Gasteiger partial charge in [-0.05, 0) is 19.1 Å². The van der Waals surface area contributed by atoms with Crippen molar-refractivity contribution in [1.82, 2.24) is 9.78 Å². The standard InChI is InChI=1S/C14H16ClFN2O2/c1-3-18-14(13(20-2)8-17-18)12(19)7-9-10(15)5-4-6-11(9)16/h4-6,8,12,19H,3,7H2,1-2H3. The summed E-state index contributed by atoms with van der Waals surface area (Å²) >= 11 is 5.98. The Labute approximate surface area is 121 Å². The highest BCUT2D eigenvalue weighted by atomic mass is 35.5. The zero-order chi connectivity index (χ0) is 14.7. The van der Waals surface area contributed by atoms with E-state index in [9.17, 15) is 9.50 Å². The summed E-state index contributed by atoms with van der Waals surface area (Å²) in [5.74, 6) is 0.0462. The van der Waals surface area contributed by atoms with Crippen LogP contribution in [0.2, 0.25) is 5.02 Å². The highest BCUT2D eigenvalue weighted by Gasteiger charge is 2.22. The molecular weight excluding hydrogens is 283 g/mol. The summed E-state index contributed by atoms with van der Waals surface area (Å²) in [6.07, 6.45) is 0.653. The van der Waals surface area contributed by atoms with Gasteiger partial charge < -0.3 is 9.84 Å². The molecule has 1 aromatic carbocycles. The number of aryl methyl sites for hydroxylation is 1. The number of aliphatic hydroxyl groups is 1. The van der Waals surface area contributed by atoms with Crippen LogP contribution in [0, 0.1) is 5.82 Å². The molecule has 1 heterocycles. The van der Waals surface area contributed by atoms with E-state index in [4.69, 9.17) is 16.3 Å². The number of rotatable bonds is 5. The second kappa shape index (κ2) is 6.24.